The molecule has 0 aliphatic carbocycles. The van der Waals surface area contributed by atoms with Crippen LogP contribution in [-0.4, -0.2) is 12.3 Å². The van der Waals surface area contributed by atoms with Crippen LogP contribution in [0.4, 0.5) is 4.39 Å². The molecule has 0 atom stereocenters. The first-order valence-electron chi connectivity index (χ1n) is 6.64. The number of carbonyl (C=O) groups is 2. The fraction of sp³-hybridized carbons (Fsp3) is 0. The summed E-state index contributed by atoms with van der Waals surface area (Å²) in [4.78, 5) is 23.4. The quantitative estimate of drug-likeness (QED) is 0.416. The van der Waals surface area contributed by atoms with Gasteiger partial charge in [-0.05, 0) is 35.0 Å². The summed E-state index contributed by atoms with van der Waals surface area (Å²) in [7, 11) is 0. The highest BCUT2D eigenvalue weighted by Crippen LogP contribution is 2.27. The number of hydrogen-bond acceptors (Lipinski definition) is 3. The van der Waals surface area contributed by atoms with Crippen molar-refractivity contribution in [1.82, 2.24) is 0 Å². The third kappa shape index (κ3) is 2.59. The number of ether oxygens (including phenoxy) is 1. The maximum Gasteiger partial charge on any atom is 0.343 e. The number of fused-ring (bicyclic) bond motifs is 1. The van der Waals surface area contributed by atoms with Crippen molar-refractivity contribution in [2.24, 2.45) is 0 Å². The maximum atomic E-state index is 13.2. The van der Waals surface area contributed by atoms with Gasteiger partial charge in [0.1, 0.15) is 11.6 Å². The van der Waals surface area contributed by atoms with E-state index in [0.29, 0.717) is 17.2 Å². The third-order valence-corrected chi connectivity index (χ3v) is 3.31. The molecule has 0 radical (unpaired) electrons. The van der Waals surface area contributed by atoms with E-state index in [9.17, 15) is 14.0 Å². The van der Waals surface area contributed by atoms with Gasteiger partial charge in [-0.2, -0.15) is 0 Å². The van der Waals surface area contributed by atoms with Gasteiger partial charge in [0.15, 0.2) is 6.29 Å². The van der Waals surface area contributed by atoms with Gasteiger partial charge in [0, 0.05) is 0 Å². The second-order valence-electron chi connectivity index (χ2n) is 4.72. The van der Waals surface area contributed by atoms with E-state index < -0.39 is 11.8 Å². The predicted molar refractivity (Wildman–Crippen MR) is 80.7 cm³/mol. The van der Waals surface area contributed by atoms with Gasteiger partial charge in [-0.1, -0.05) is 36.4 Å². The lowest BCUT2D eigenvalue weighted by molar-refractivity contribution is 0.0733. The minimum absolute atomic E-state index is 0.0880. The molecule has 0 aliphatic heterocycles. The van der Waals surface area contributed by atoms with Crippen molar-refractivity contribution in [3.05, 3.63) is 77.6 Å². The fourth-order valence-electron chi connectivity index (χ4n) is 2.26. The molecule has 0 heterocycles. The van der Waals surface area contributed by atoms with Gasteiger partial charge < -0.3 is 4.74 Å². The average molecular weight is 294 g/mol. The highest BCUT2D eigenvalue weighted by atomic mass is 19.1. The Kier molecular flexibility index (Phi) is 3.66. The summed E-state index contributed by atoms with van der Waals surface area (Å²) in [6.45, 7) is 0. The van der Waals surface area contributed by atoms with Crippen LogP contribution in [0.25, 0.3) is 10.8 Å². The van der Waals surface area contributed by atoms with Crippen LogP contribution in [-0.2, 0) is 0 Å². The first-order valence-corrected chi connectivity index (χ1v) is 6.64. The van der Waals surface area contributed by atoms with Gasteiger partial charge >= 0.3 is 5.97 Å². The van der Waals surface area contributed by atoms with Crippen LogP contribution < -0.4 is 4.74 Å². The SMILES string of the molecule is O=Cc1c(OC(=O)c2cccc(F)c2)ccc2ccccc12. The van der Waals surface area contributed by atoms with Crippen molar-refractivity contribution < 1.29 is 18.7 Å². The van der Waals surface area contributed by atoms with E-state index in [1.54, 1.807) is 24.3 Å². The van der Waals surface area contributed by atoms with E-state index in [-0.39, 0.29) is 11.3 Å². The molecule has 3 aromatic rings. The van der Waals surface area contributed by atoms with E-state index in [0.717, 1.165) is 11.5 Å². The molecule has 4 heteroatoms. The molecule has 0 unspecified atom stereocenters. The lowest BCUT2D eigenvalue weighted by Crippen LogP contribution is -2.10. The van der Waals surface area contributed by atoms with Crippen molar-refractivity contribution >= 4 is 23.0 Å². The molecule has 3 rings (SSSR count). The van der Waals surface area contributed by atoms with Crippen LogP contribution in [0.5, 0.6) is 5.75 Å². The molecule has 22 heavy (non-hydrogen) atoms. The van der Waals surface area contributed by atoms with E-state index in [1.807, 2.05) is 12.1 Å². The number of aldehydes is 1. The minimum Gasteiger partial charge on any atom is -0.422 e. The number of hydrogen-bond donors (Lipinski definition) is 0. The Morgan fingerprint density at radius 2 is 1.82 bits per heavy atom. The van der Waals surface area contributed by atoms with Gasteiger partial charge in [-0.3, -0.25) is 4.79 Å². The molecular formula is C18H11FO3. The topological polar surface area (TPSA) is 43.4 Å². The number of esters is 1. The number of rotatable bonds is 3. The molecule has 0 saturated carbocycles. The van der Waals surface area contributed by atoms with Crippen LogP contribution in [0, 0.1) is 5.82 Å². The Hall–Kier alpha value is -3.01. The average Bonchev–Trinajstić information content (AvgIpc) is 2.54. The van der Waals surface area contributed by atoms with Gasteiger partial charge in [0.2, 0.25) is 0 Å². The maximum absolute atomic E-state index is 13.2. The fourth-order valence-corrected chi connectivity index (χ4v) is 2.26. The molecule has 3 nitrogen and oxygen atoms in total. The lowest BCUT2D eigenvalue weighted by Gasteiger charge is -2.09. The Bertz CT molecular complexity index is 871. The van der Waals surface area contributed by atoms with Gasteiger partial charge in [-0.25, -0.2) is 9.18 Å². The largest absolute Gasteiger partial charge is 0.422 e. The monoisotopic (exact) mass is 294 g/mol. The second-order valence-corrected chi connectivity index (χ2v) is 4.72. The number of benzene rings is 3. The van der Waals surface area contributed by atoms with Gasteiger partial charge in [0.05, 0.1) is 11.1 Å². The molecule has 0 amide bonds. The highest BCUT2D eigenvalue weighted by Gasteiger charge is 2.14. The Morgan fingerprint density at radius 1 is 1.00 bits per heavy atom. The lowest BCUT2D eigenvalue weighted by atomic mass is 10.0. The van der Waals surface area contributed by atoms with Crippen LogP contribution >= 0.6 is 0 Å². The highest BCUT2D eigenvalue weighted by molar-refractivity contribution is 6.02. The Morgan fingerprint density at radius 3 is 2.59 bits per heavy atom. The van der Waals surface area contributed by atoms with Crippen molar-refractivity contribution in [2.75, 3.05) is 0 Å². The van der Waals surface area contributed by atoms with Crippen LogP contribution in [0.1, 0.15) is 20.7 Å². The zero-order chi connectivity index (χ0) is 15.5. The molecule has 0 N–H and O–H groups in total. The van der Waals surface area contributed by atoms with E-state index in [4.69, 9.17) is 4.74 Å². The molecule has 0 aromatic heterocycles. The summed E-state index contributed by atoms with van der Waals surface area (Å²) in [6, 6.07) is 15.8. The van der Waals surface area contributed by atoms with Crippen LogP contribution in [0.3, 0.4) is 0 Å². The van der Waals surface area contributed by atoms with Gasteiger partial charge in [0.25, 0.3) is 0 Å². The minimum atomic E-state index is -0.710. The standard InChI is InChI=1S/C18H11FO3/c19-14-6-3-5-13(10-14)18(21)22-17-9-8-12-4-1-2-7-15(12)16(17)11-20/h1-11H. The number of carbonyl (C=O) groups excluding carboxylic acids is 2. The summed E-state index contributed by atoms with van der Waals surface area (Å²) in [5.74, 6) is -1.08. The van der Waals surface area contributed by atoms with Crippen molar-refractivity contribution in [2.45, 2.75) is 0 Å². The normalized spacial score (nSPS) is 10.4. The first kappa shape index (κ1) is 13.9. The van der Waals surface area contributed by atoms with Crippen molar-refractivity contribution in [1.29, 1.82) is 0 Å². The molecular weight excluding hydrogens is 283 g/mol. The Labute approximate surface area is 126 Å². The summed E-state index contributed by atoms with van der Waals surface area (Å²) in [5, 5.41) is 1.57. The molecule has 3 aromatic carbocycles. The van der Waals surface area contributed by atoms with Crippen molar-refractivity contribution in [3.8, 4) is 5.75 Å². The molecule has 108 valence electrons. The summed E-state index contributed by atoms with van der Waals surface area (Å²) in [5.41, 5.74) is 0.382. The predicted octanol–water partition coefficient (Wildman–Crippen LogP) is 4.01. The van der Waals surface area contributed by atoms with E-state index in [1.165, 1.54) is 18.2 Å². The van der Waals surface area contributed by atoms with E-state index >= 15 is 0 Å². The summed E-state index contributed by atoms with van der Waals surface area (Å²) in [6.07, 6.45) is 0.649. The molecule has 0 saturated heterocycles. The van der Waals surface area contributed by atoms with Crippen LogP contribution in [0.2, 0.25) is 0 Å². The molecule has 0 aliphatic rings. The number of halogens is 1. The summed E-state index contributed by atoms with van der Waals surface area (Å²) < 4.78 is 18.4. The first-order chi connectivity index (χ1) is 10.7. The van der Waals surface area contributed by atoms with Gasteiger partial charge in [-0.15, -0.1) is 0 Å². The summed E-state index contributed by atoms with van der Waals surface area (Å²) >= 11 is 0. The van der Waals surface area contributed by atoms with Crippen molar-refractivity contribution in [3.63, 3.8) is 0 Å². The smallest absolute Gasteiger partial charge is 0.343 e. The Balaban J connectivity index is 2.00. The van der Waals surface area contributed by atoms with E-state index in [2.05, 4.69) is 0 Å². The zero-order valence-corrected chi connectivity index (χ0v) is 11.5. The second kappa shape index (κ2) is 5.77. The molecule has 0 spiro atoms. The molecule has 0 bridgehead atoms. The van der Waals surface area contributed by atoms with Crippen LogP contribution in [0.15, 0.2) is 60.7 Å². The third-order valence-electron chi connectivity index (χ3n) is 3.31. The molecule has 0 fully saturated rings. The zero-order valence-electron chi connectivity index (χ0n) is 11.5.